The van der Waals surface area contributed by atoms with Crippen LogP contribution in [0.1, 0.15) is 31.2 Å². The number of benzene rings is 1. The molecule has 1 aromatic carbocycles. The topological polar surface area (TPSA) is 78.9 Å². The van der Waals surface area contributed by atoms with Crippen molar-refractivity contribution in [3.05, 3.63) is 35.9 Å². The van der Waals surface area contributed by atoms with E-state index in [9.17, 15) is 9.59 Å². The summed E-state index contributed by atoms with van der Waals surface area (Å²) in [5, 5.41) is 12.1. The van der Waals surface area contributed by atoms with Gasteiger partial charge in [0, 0.05) is 25.6 Å². The summed E-state index contributed by atoms with van der Waals surface area (Å²) in [6, 6.07) is 10.2. The maximum Gasteiger partial charge on any atom is 0.317 e. The molecule has 1 aromatic rings. The number of hydrogen-bond donors (Lipinski definition) is 2. The monoisotopic (exact) mass is 346 g/mol. The highest BCUT2D eigenvalue weighted by Gasteiger charge is 2.29. The molecule has 0 aromatic heterocycles. The molecule has 1 atom stereocenters. The van der Waals surface area contributed by atoms with Crippen LogP contribution in [0.25, 0.3) is 0 Å². The van der Waals surface area contributed by atoms with Crippen LogP contribution in [-0.2, 0) is 16.0 Å². The normalized spacial score (nSPS) is 26.9. The Kier molecular flexibility index (Phi) is 5.91. The number of carboxylic acid groups (broad SMARTS) is 1. The quantitative estimate of drug-likeness (QED) is 0.877. The Labute approximate surface area is 148 Å². The lowest BCUT2D eigenvalue weighted by atomic mass is 9.86. The second-order valence-corrected chi connectivity index (χ2v) is 6.96. The molecule has 2 fully saturated rings. The van der Waals surface area contributed by atoms with E-state index in [1.807, 2.05) is 23.1 Å². The highest BCUT2D eigenvalue weighted by Crippen LogP contribution is 2.24. The van der Waals surface area contributed by atoms with Gasteiger partial charge in [0.05, 0.1) is 18.6 Å². The van der Waals surface area contributed by atoms with Gasteiger partial charge in [0.25, 0.3) is 0 Å². The lowest BCUT2D eigenvalue weighted by Crippen LogP contribution is -2.52. The number of ether oxygens (including phenoxy) is 1. The van der Waals surface area contributed by atoms with Gasteiger partial charge in [-0.05, 0) is 31.2 Å². The fourth-order valence-electron chi connectivity index (χ4n) is 3.65. The molecule has 25 heavy (non-hydrogen) atoms. The minimum Gasteiger partial charge on any atom is -0.481 e. The lowest BCUT2D eigenvalue weighted by Gasteiger charge is -2.35. The number of amides is 2. The molecule has 136 valence electrons. The van der Waals surface area contributed by atoms with Crippen LogP contribution in [0.4, 0.5) is 4.79 Å². The molecule has 1 aliphatic heterocycles. The van der Waals surface area contributed by atoms with Crippen molar-refractivity contribution in [2.24, 2.45) is 5.92 Å². The molecule has 0 spiro atoms. The van der Waals surface area contributed by atoms with E-state index in [0.717, 1.165) is 19.3 Å². The van der Waals surface area contributed by atoms with E-state index >= 15 is 0 Å². The van der Waals surface area contributed by atoms with Crippen LogP contribution >= 0.6 is 0 Å². The summed E-state index contributed by atoms with van der Waals surface area (Å²) in [7, 11) is 0. The number of urea groups is 1. The first-order valence-electron chi connectivity index (χ1n) is 9.05. The number of nitrogens with one attached hydrogen (secondary N) is 1. The van der Waals surface area contributed by atoms with Gasteiger partial charge >= 0.3 is 12.0 Å². The third kappa shape index (κ3) is 4.95. The first kappa shape index (κ1) is 17.7. The van der Waals surface area contributed by atoms with Crippen molar-refractivity contribution in [3.8, 4) is 0 Å². The van der Waals surface area contributed by atoms with Crippen molar-refractivity contribution >= 4 is 12.0 Å². The Balaban J connectivity index is 1.46. The fourth-order valence-corrected chi connectivity index (χ4v) is 3.65. The average molecular weight is 346 g/mol. The fraction of sp³-hybridized carbons (Fsp3) is 0.579. The van der Waals surface area contributed by atoms with Gasteiger partial charge < -0.3 is 20.1 Å². The van der Waals surface area contributed by atoms with E-state index in [1.54, 1.807) is 0 Å². The van der Waals surface area contributed by atoms with E-state index in [1.165, 1.54) is 5.56 Å². The molecule has 2 aliphatic rings. The van der Waals surface area contributed by atoms with Crippen LogP contribution in [0, 0.1) is 5.92 Å². The Morgan fingerprint density at radius 1 is 1.16 bits per heavy atom. The molecule has 6 heteroatoms. The molecule has 0 radical (unpaired) electrons. The lowest BCUT2D eigenvalue weighted by molar-refractivity contribution is -0.142. The van der Waals surface area contributed by atoms with Gasteiger partial charge in [-0.15, -0.1) is 0 Å². The van der Waals surface area contributed by atoms with Crippen LogP contribution in [0.3, 0.4) is 0 Å². The molecule has 2 amide bonds. The number of carboxylic acids is 1. The van der Waals surface area contributed by atoms with E-state index in [0.29, 0.717) is 32.5 Å². The van der Waals surface area contributed by atoms with Gasteiger partial charge in [-0.2, -0.15) is 0 Å². The first-order chi connectivity index (χ1) is 12.1. The van der Waals surface area contributed by atoms with Crippen LogP contribution in [0.5, 0.6) is 0 Å². The van der Waals surface area contributed by atoms with Crippen molar-refractivity contribution in [1.29, 1.82) is 0 Å². The van der Waals surface area contributed by atoms with E-state index in [2.05, 4.69) is 17.4 Å². The minimum absolute atomic E-state index is 0.0182. The highest BCUT2D eigenvalue weighted by molar-refractivity contribution is 5.75. The molecule has 0 bridgehead atoms. The minimum atomic E-state index is -0.721. The van der Waals surface area contributed by atoms with Crippen LogP contribution in [0.15, 0.2) is 30.3 Å². The summed E-state index contributed by atoms with van der Waals surface area (Å²) >= 11 is 0. The van der Waals surface area contributed by atoms with E-state index in [-0.39, 0.29) is 24.1 Å². The Morgan fingerprint density at radius 2 is 1.88 bits per heavy atom. The summed E-state index contributed by atoms with van der Waals surface area (Å²) in [5.41, 5.74) is 1.21. The number of rotatable bonds is 4. The second kappa shape index (κ2) is 8.34. The van der Waals surface area contributed by atoms with Crippen LogP contribution in [-0.4, -0.2) is 53.8 Å². The SMILES string of the molecule is O=C(O)C1CCC(NC(=O)N2CCOC(Cc3ccccc3)C2)CC1. The summed E-state index contributed by atoms with van der Waals surface area (Å²) in [6.07, 6.45) is 3.57. The van der Waals surface area contributed by atoms with Crippen LogP contribution in [0.2, 0.25) is 0 Å². The zero-order valence-corrected chi connectivity index (χ0v) is 14.4. The molecule has 6 nitrogen and oxygen atoms in total. The zero-order valence-electron chi connectivity index (χ0n) is 14.4. The van der Waals surface area contributed by atoms with Gasteiger partial charge in [0.1, 0.15) is 0 Å². The van der Waals surface area contributed by atoms with Crippen molar-refractivity contribution in [2.75, 3.05) is 19.7 Å². The number of carbonyl (C=O) groups excluding carboxylic acids is 1. The van der Waals surface area contributed by atoms with Crippen molar-refractivity contribution in [1.82, 2.24) is 10.2 Å². The van der Waals surface area contributed by atoms with Crippen molar-refractivity contribution in [2.45, 2.75) is 44.2 Å². The molecule has 2 N–H and O–H groups in total. The first-order valence-corrected chi connectivity index (χ1v) is 9.05. The summed E-state index contributed by atoms with van der Waals surface area (Å²) in [6.45, 7) is 1.74. The molecular formula is C19H26N2O4. The van der Waals surface area contributed by atoms with Gasteiger partial charge in [-0.1, -0.05) is 30.3 Å². The van der Waals surface area contributed by atoms with Crippen LogP contribution < -0.4 is 5.32 Å². The van der Waals surface area contributed by atoms with Gasteiger partial charge in [-0.3, -0.25) is 4.79 Å². The van der Waals surface area contributed by atoms with E-state index in [4.69, 9.17) is 9.84 Å². The van der Waals surface area contributed by atoms with Gasteiger partial charge in [-0.25, -0.2) is 4.79 Å². The second-order valence-electron chi connectivity index (χ2n) is 6.96. The molecule has 1 aliphatic carbocycles. The smallest absolute Gasteiger partial charge is 0.317 e. The maximum atomic E-state index is 12.5. The molecule has 1 saturated heterocycles. The molecule has 3 rings (SSSR count). The molecule has 1 saturated carbocycles. The standard InChI is InChI=1S/C19H26N2O4/c22-18(23)15-6-8-16(9-7-15)20-19(24)21-10-11-25-17(13-21)12-14-4-2-1-3-5-14/h1-5,15-17H,6-13H2,(H,20,24)(H,22,23). The predicted molar refractivity (Wildman–Crippen MR) is 93.4 cm³/mol. The van der Waals surface area contributed by atoms with E-state index < -0.39 is 5.97 Å². The number of aliphatic carboxylic acids is 1. The number of morpholine rings is 1. The average Bonchev–Trinajstić information content (AvgIpc) is 2.63. The Bertz CT molecular complexity index is 584. The van der Waals surface area contributed by atoms with Crippen molar-refractivity contribution in [3.63, 3.8) is 0 Å². The van der Waals surface area contributed by atoms with Gasteiger partial charge in [0.15, 0.2) is 0 Å². The maximum absolute atomic E-state index is 12.5. The summed E-state index contributed by atoms with van der Waals surface area (Å²) in [5.74, 6) is -0.978. The third-order valence-corrected chi connectivity index (χ3v) is 5.14. The molecular weight excluding hydrogens is 320 g/mol. The Hall–Kier alpha value is -2.08. The van der Waals surface area contributed by atoms with Crippen molar-refractivity contribution < 1.29 is 19.4 Å². The predicted octanol–water partition coefficient (Wildman–Crippen LogP) is 2.28. The summed E-state index contributed by atoms with van der Waals surface area (Å²) < 4.78 is 5.81. The number of hydrogen-bond acceptors (Lipinski definition) is 3. The summed E-state index contributed by atoms with van der Waals surface area (Å²) in [4.78, 5) is 25.3. The highest BCUT2D eigenvalue weighted by atomic mass is 16.5. The zero-order chi connectivity index (χ0) is 17.6. The van der Waals surface area contributed by atoms with Gasteiger partial charge in [0.2, 0.25) is 0 Å². The third-order valence-electron chi connectivity index (χ3n) is 5.14. The molecule has 1 unspecified atom stereocenters. The number of carbonyl (C=O) groups is 2. The Morgan fingerprint density at radius 3 is 2.56 bits per heavy atom. The largest absolute Gasteiger partial charge is 0.481 e. The molecule has 1 heterocycles. The number of nitrogens with zero attached hydrogens (tertiary/aromatic N) is 1.